The number of nitrogen functional groups attached to an aromatic ring is 1. The predicted molar refractivity (Wildman–Crippen MR) is 66.5 cm³/mol. The molecule has 1 aromatic carbocycles. The lowest BCUT2D eigenvalue weighted by atomic mass is 10.1. The highest BCUT2D eigenvalue weighted by atomic mass is 79.9. The van der Waals surface area contributed by atoms with Crippen LogP contribution in [0, 0.1) is 0 Å². The van der Waals surface area contributed by atoms with Crippen molar-refractivity contribution in [3.63, 3.8) is 0 Å². The van der Waals surface area contributed by atoms with Gasteiger partial charge in [0, 0.05) is 11.1 Å². The van der Waals surface area contributed by atoms with Crippen molar-refractivity contribution in [2.45, 2.75) is 13.3 Å². The Morgan fingerprint density at radius 2 is 2.35 bits per heavy atom. The second-order valence-electron chi connectivity index (χ2n) is 3.49. The first-order valence-electron chi connectivity index (χ1n) is 5.10. The molecule has 17 heavy (non-hydrogen) atoms. The van der Waals surface area contributed by atoms with E-state index in [-0.39, 0.29) is 12.4 Å². The van der Waals surface area contributed by atoms with Crippen molar-refractivity contribution in [3.05, 3.63) is 22.3 Å². The van der Waals surface area contributed by atoms with Crippen molar-refractivity contribution in [2.75, 3.05) is 12.3 Å². The third kappa shape index (κ3) is 2.41. The van der Waals surface area contributed by atoms with Gasteiger partial charge in [-0.3, -0.25) is 4.79 Å². The van der Waals surface area contributed by atoms with Crippen LogP contribution in [0.2, 0.25) is 0 Å². The minimum Gasteiger partial charge on any atom is -0.466 e. The van der Waals surface area contributed by atoms with Crippen LogP contribution in [0.3, 0.4) is 0 Å². The standard InChI is InChI=1S/C11H11BrN2O3/c1-2-16-10(15)5-9-7-3-6(13)4-8(12)11(7)17-14-9/h3-4H,2,5,13H2,1H3. The van der Waals surface area contributed by atoms with E-state index in [0.717, 1.165) is 9.86 Å². The van der Waals surface area contributed by atoms with E-state index in [1.807, 2.05) is 0 Å². The van der Waals surface area contributed by atoms with Gasteiger partial charge in [0.05, 0.1) is 17.5 Å². The van der Waals surface area contributed by atoms with Gasteiger partial charge in [0.2, 0.25) is 0 Å². The van der Waals surface area contributed by atoms with Crippen molar-refractivity contribution in [1.82, 2.24) is 5.16 Å². The molecular weight excluding hydrogens is 288 g/mol. The number of aromatic nitrogens is 1. The smallest absolute Gasteiger partial charge is 0.312 e. The summed E-state index contributed by atoms with van der Waals surface area (Å²) in [4.78, 5) is 11.4. The molecule has 0 amide bonds. The molecule has 5 nitrogen and oxygen atoms in total. The first-order chi connectivity index (χ1) is 8.11. The lowest BCUT2D eigenvalue weighted by molar-refractivity contribution is -0.142. The Morgan fingerprint density at radius 3 is 3.06 bits per heavy atom. The molecule has 0 fully saturated rings. The van der Waals surface area contributed by atoms with Gasteiger partial charge in [-0.25, -0.2) is 0 Å². The number of esters is 1. The van der Waals surface area contributed by atoms with E-state index < -0.39 is 0 Å². The molecule has 0 aliphatic heterocycles. The highest BCUT2D eigenvalue weighted by Gasteiger charge is 2.15. The summed E-state index contributed by atoms with van der Waals surface area (Å²) in [5.74, 6) is -0.332. The van der Waals surface area contributed by atoms with E-state index in [1.165, 1.54) is 0 Å². The number of anilines is 1. The van der Waals surface area contributed by atoms with E-state index in [1.54, 1.807) is 19.1 Å². The van der Waals surface area contributed by atoms with Gasteiger partial charge in [-0.2, -0.15) is 0 Å². The zero-order valence-electron chi connectivity index (χ0n) is 9.20. The first kappa shape index (κ1) is 11.9. The molecule has 0 saturated heterocycles. The molecule has 0 aliphatic rings. The van der Waals surface area contributed by atoms with Crippen LogP contribution >= 0.6 is 15.9 Å². The lowest BCUT2D eigenvalue weighted by Gasteiger charge is -1.99. The van der Waals surface area contributed by atoms with Crippen LogP contribution in [-0.2, 0) is 16.0 Å². The average molecular weight is 299 g/mol. The molecule has 6 heteroatoms. The fraction of sp³-hybridized carbons (Fsp3) is 0.273. The monoisotopic (exact) mass is 298 g/mol. The zero-order chi connectivity index (χ0) is 12.4. The predicted octanol–water partition coefficient (Wildman–Crippen LogP) is 2.28. The molecule has 0 unspecified atom stereocenters. The van der Waals surface area contributed by atoms with Gasteiger partial charge in [-0.05, 0) is 35.0 Å². The second kappa shape index (κ2) is 4.75. The van der Waals surface area contributed by atoms with Gasteiger partial charge in [0.1, 0.15) is 5.69 Å². The number of carbonyl (C=O) groups is 1. The molecule has 0 spiro atoms. The van der Waals surface area contributed by atoms with E-state index in [2.05, 4.69) is 21.1 Å². The van der Waals surface area contributed by atoms with Gasteiger partial charge < -0.3 is 15.0 Å². The maximum Gasteiger partial charge on any atom is 0.312 e. The Balaban J connectivity index is 2.39. The number of ether oxygens (including phenoxy) is 1. The van der Waals surface area contributed by atoms with Crippen LogP contribution in [0.15, 0.2) is 21.1 Å². The Hall–Kier alpha value is -1.56. The molecule has 0 bridgehead atoms. The van der Waals surface area contributed by atoms with E-state index in [4.69, 9.17) is 15.0 Å². The third-order valence-electron chi connectivity index (χ3n) is 2.24. The number of nitrogens with two attached hydrogens (primary N) is 1. The maximum atomic E-state index is 11.4. The van der Waals surface area contributed by atoms with Crippen molar-refractivity contribution < 1.29 is 14.1 Å². The van der Waals surface area contributed by atoms with Crippen LogP contribution < -0.4 is 5.73 Å². The fourth-order valence-corrected chi connectivity index (χ4v) is 2.10. The minimum absolute atomic E-state index is 0.0801. The molecular formula is C11H11BrN2O3. The number of nitrogens with zero attached hydrogens (tertiary/aromatic N) is 1. The summed E-state index contributed by atoms with van der Waals surface area (Å²) in [5, 5.41) is 4.58. The Bertz CT molecular complexity index is 565. The molecule has 0 saturated carbocycles. The van der Waals surface area contributed by atoms with E-state index in [0.29, 0.717) is 23.6 Å². The molecule has 2 aromatic rings. The van der Waals surface area contributed by atoms with Gasteiger partial charge in [0.25, 0.3) is 0 Å². The second-order valence-corrected chi connectivity index (χ2v) is 4.34. The molecule has 0 radical (unpaired) electrons. The summed E-state index contributed by atoms with van der Waals surface area (Å²) in [6, 6.07) is 3.45. The van der Waals surface area contributed by atoms with Crippen LogP contribution in [0.1, 0.15) is 12.6 Å². The van der Waals surface area contributed by atoms with Crippen molar-refractivity contribution in [3.8, 4) is 0 Å². The Morgan fingerprint density at radius 1 is 1.59 bits per heavy atom. The fourth-order valence-electron chi connectivity index (χ4n) is 1.55. The normalized spacial score (nSPS) is 10.7. The molecule has 1 heterocycles. The summed E-state index contributed by atoms with van der Waals surface area (Å²) in [6.07, 6.45) is 0.0801. The number of halogens is 1. The average Bonchev–Trinajstić information content (AvgIpc) is 2.62. The number of fused-ring (bicyclic) bond motifs is 1. The van der Waals surface area contributed by atoms with Crippen LogP contribution in [0.25, 0.3) is 11.0 Å². The van der Waals surface area contributed by atoms with Crippen LogP contribution in [-0.4, -0.2) is 17.7 Å². The molecule has 0 aliphatic carbocycles. The molecule has 90 valence electrons. The van der Waals surface area contributed by atoms with Gasteiger partial charge in [-0.15, -0.1) is 0 Å². The van der Waals surface area contributed by atoms with E-state index in [9.17, 15) is 4.79 Å². The highest BCUT2D eigenvalue weighted by Crippen LogP contribution is 2.29. The summed E-state index contributed by atoms with van der Waals surface area (Å²) in [7, 11) is 0. The van der Waals surface area contributed by atoms with Gasteiger partial charge in [0.15, 0.2) is 5.58 Å². The first-order valence-corrected chi connectivity index (χ1v) is 5.90. The lowest BCUT2D eigenvalue weighted by Crippen LogP contribution is -2.07. The zero-order valence-corrected chi connectivity index (χ0v) is 10.8. The molecule has 2 N–H and O–H groups in total. The van der Waals surface area contributed by atoms with Gasteiger partial charge in [-0.1, -0.05) is 5.16 Å². The Labute approximate surface area is 106 Å². The van der Waals surface area contributed by atoms with E-state index >= 15 is 0 Å². The molecule has 0 atom stereocenters. The molecule has 1 aromatic heterocycles. The Kier molecular flexibility index (Phi) is 3.33. The van der Waals surface area contributed by atoms with Crippen LogP contribution in [0.5, 0.6) is 0 Å². The number of benzene rings is 1. The van der Waals surface area contributed by atoms with Crippen molar-refractivity contribution in [1.29, 1.82) is 0 Å². The summed E-state index contributed by atoms with van der Waals surface area (Å²) in [5.41, 5.74) is 7.42. The van der Waals surface area contributed by atoms with Crippen molar-refractivity contribution in [2.24, 2.45) is 0 Å². The molecule has 2 rings (SSSR count). The quantitative estimate of drug-likeness (QED) is 0.695. The highest BCUT2D eigenvalue weighted by molar-refractivity contribution is 9.10. The van der Waals surface area contributed by atoms with Crippen LogP contribution in [0.4, 0.5) is 5.69 Å². The van der Waals surface area contributed by atoms with Crippen molar-refractivity contribution >= 4 is 38.6 Å². The number of hydrogen-bond donors (Lipinski definition) is 1. The third-order valence-corrected chi connectivity index (χ3v) is 2.83. The summed E-state index contributed by atoms with van der Waals surface area (Å²) in [6.45, 7) is 2.10. The largest absolute Gasteiger partial charge is 0.466 e. The SMILES string of the molecule is CCOC(=O)Cc1noc2c(Br)cc(N)cc12. The number of hydrogen-bond acceptors (Lipinski definition) is 5. The summed E-state index contributed by atoms with van der Waals surface area (Å²) >= 11 is 3.33. The summed E-state index contributed by atoms with van der Waals surface area (Å²) < 4.78 is 10.7. The topological polar surface area (TPSA) is 78.3 Å². The van der Waals surface area contributed by atoms with Gasteiger partial charge >= 0.3 is 5.97 Å². The number of carbonyl (C=O) groups excluding carboxylic acids is 1. The minimum atomic E-state index is -0.332. The number of rotatable bonds is 3. The maximum absolute atomic E-state index is 11.4.